The van der Waals surface area contributed by atoms with Gasteiger partial charge in [0.05, 0.1) is 24.5 Å². The van der Waals surface area contributed by atoms with Crippen LogP contribution in [-0.2, 0) is 4.74 Å². The Kier molecular flexibility index (Phi) is 4.66. The van der Waals surface area contributed by atoms with Gasteiger partial charge in [0, 0.05) is 12.6 Å². The number of nitrogens with zero attached hydrogens (tertiary/aromatic N) is 1. The second-order valence-corrected chi connectivity index (χ2v) is 3.66. The standard InChI is InChI=1S/C11H19NO2/c1-3-10-8-11(13)5-7-14-9(2)4-6-12-10/h4,6,10-11,13H,3,5,7-8H2,1-2H3/b9-4+,12-6?. The van der Waals surface area contributed by atoms with Crippen molar-refractivity contribution in [3.05, 3.63) is 11.8 Å². The first-order chi connectivity index (χ1) is 6.72. The van der Waals surface area contributed by atoms with E-state index in [9.17, 15) is 5.11 Å². The number of allylic oxidation sites excluding steroid dienone is 2. The molecule has 1 aliphatic heterocycles. The Bertz CT molecular complexity index is 223. The van der Waals surface area contributed by atoms with Gasteiger partial charge in [0.25, 0.3) is 0 Å². The highest BCUT2D eigenvalue weighted by molar-refractivity contribution is 5.71. The van der Waals surface area contributed by atoms with Gasteiger partial charge in [-0.05, 0) is 25.8 Å². The topological polar surface area (TPSA) is 41.8 Å². The van der Waals surface area contributed by atoms with Gasteiger partial charge in [-0.15, -0.1) is 0 Å². The van der Waals surface area contributed by atoms with Gasteiger partial charge in [-0.1, -0.05) is 6.92 Å². The first kappa shape index (κ1) is 11.2. The highest BCUT2D eigenvalue weighted by Gasteiger charge is 2.12. The molecule has 0 amide bonds. The van der Waals surface area contributed by atoms with Crippen LogP contribution < -0.4 is 0 Å². The number of hydrogen-bond acceptors (Lipinski definition) is 3. The molecule has 0 aromatic rings. The third-order valence-corrected chi connectivity index (χ3v) is 2.40. The van der Waals surface area contributed by atoms with Crippen LogP contribution in [0.4, 0.5) is 0 Å². The van der Waals surface area contributed by atoms with Crippen molar-refractivity contribution in [3.63, 3.8) is 0 Å². The molecule has 3 nitrogen and oxygen atoms in total. The molecule has 0 bridgehead atoms. The van der Waals surface area contributed by atoms with E-state index in [0.717, 1.165) is 18.6 Å². The smallest absolute Gasteiger partial charge is 0.0944 e. The molecule has 1 aliphatic rings. The molecule has 0 radical (unpaired) electrons. The zero-order valence-corrected chi connectivity index (χ0v) is 8.94. The van der Waals surface area contributed by atoms with Crippen LogP contribution in [0.3, 0.4) is 0 Å². The van der Waals surface area contributed by atoms with Gasteiger partial charge in [0.15, 0.2) is 0 Å². The number of aliphatic hydroxyl groups is 1. The quantitative estimate of drug-likeness (QED) is 0.697. The number of aliphatic hydroxyl groups excluding tert-OH is 1. The van der Waals surface area contributed by atoms with E-state index in [0.29, 0.717) is 13.0 Å². The van der Waals surface area contributed by atoms with E-state index < -0.39 is 0 Å². The summed E-state index contributed by atoms with van der Waals surface area (Å²) in [5.74, 6) is 0.859. The largest absolute Gasteiger partial charge is 0.498 e. The third-order valence-electron chi connectivity index (χ3n) is 2.40. The van der Waals surface area contributed by atoms with Crippen LogP contribution in [0.5, 0.6) is 0 Å². The summed E-state index contributed by atoms with van der Waals surface area (Å²) in [6, 6.07) is 0.243. The number of rotatable bonds is 1. The van der Waals surface area contributed by atoms with Gasteiger partial charge in [-0.25, -0.2) is 0 Å². The maximum atomic E-state index is 9.65. The van der Waals surface area contributed by atoms with E-state index in [1.54, 1.807) is 6.21 Å². The molecule has 0 spiro atoms. The van der Waals surface area contributed by atoms with Crippen LogP contribution in [0.25, 0.3) is 0 Å². The van der Waals surface area contributed by atoms with Crippen molar-refractivity contribution >= 4 is 6.21 Å². The normalized spacial score (nSPS) is 32.9. The second-order valence-electron chi connectivity index (χ2n) is 3.66. The lowest BCUT2D eigenvalue weighted by Crippen LogP contribution is -2.18. The number of aliphatic imine (C=N–C) groups is 1. The molecule has 1 heterocycles. The Hall–Kier alpha value is -0.830. The SMILES string of the molecule is CCC1CC(O)CCO/C(C)=C/C=N1. The molecule has 2 atom stereocenters. The van der Waals surface area contributed by atoms with Crippen molar-refractivity contribution in [1.82, 2.24) is 0 Å². The Labute approximate surface area is 85.5 Å². The minimum absolute atomic E-state index is 0.243. The predicted octanol–water partition coefficient (Wildman–Crippen LogP) is 1.91. The summed E-state index contributed by atoms with van der Waals surface area (Å²) in [5, 5.41) is 9.65. The third kappa shape index (κ3) is 3.92. The van der Waals surface area contributed by atoms with E-state index in [4.69, 9.17) is 4.74 Å². The molecule has 3 heteroatoms. The fourth-order valence-electron chi connectivity index (χ4n) is 1.44. The van der Waals surface area contributed by atoms with Crippen molar-refractivity contribution in [1.29, 1.82) is 0 Å². The first-order valence-electron chi connectivity index (χ1n) is 5.23. The molecule has 0 fully saturated rings. The van der Waals surface area contributed by atoms with Gasteiger partial charge < -0.3 is 9.84 Å². The molecule has 80 valence electrons. The highest BCUT2D eigenvalue weighted by atomic mass is 16.5. The molecular formula is C11H19NO2. The highest BCUT2D eigenvalue weighted by Crippen LogP contribution is 2.11. The minimum Gasteiger partial charge on any atom is -0.498 e. The van der Waals surface area contributed by atoms with Crippen LogP contribution in [-0.4, -0.2) is 30.1 Å². The fourth-order valence-corrected chi connectivity index (χ4v) is 1.44. The van der Waals surface area contributed by atoms with Crippen LogP contribution in [0.2, 0.25) is 0 Å². The summed E-state index contributed by atoms with van der Waals surface area (Å²) in [5.41, 5.74) is 0. The average Bonchev–Trinajstić information content (AvgIpc) is 2.16. The van der Waals surface area contributed by atoms with Crippen molar-refractivity contribution in [2.45, 2.75) is 45.3 Å². The molecule has 0 aromatic heterocycles. The predicted molar refractivity (Wildman–Crippen MR) is 57.5 cm³/mol. The average molecular weight is 197 g/mol. The summed E-state index contributed by atoms with van der Waals surface area (Å²) in [4.78, 5) is 4.36. The molecular weight excluding hydrogens is 178 g/mol. The van der Waals surface area contributed by atoms with Gasteiger partial charge in [0.1, 0.15) is 0 Å². The molecule has 0 aromatic carbocycles. The Morgan fingerprint density at radius 2 is 2.43 bits per heavy atom. The maximum Gasteiger partial charge on any atom is 0.0944 e. The van der Waals surface area contributed by atoms with Gasteiger partial charge >= 0.3 is 0 Å². The molecule has 14 heavy (non-hydrogen) atoms. The van der Waals surface area contributed by atoms with Crippen LogP contribution in [0, 0.1) is 0 Å². The summed E-state index contributed by atoms with van der Waals surface area (Å²) >= 11 is 0. The Morgan fingerprint density at radius 1 is 1.64 bits per heavy atom. The van der Waals surface area contributed by atoms with Crippen LogP contribution >= 0.6 is 0 Å². The molecule has 0 saturated heterocycles. The van der Waals surface area contributed by atoms with Crippen molar-refractivity contribution in [2.24, 2.45) is 4.99 Å². The first-order valence-corrected chi connectivity index (χ1v) is 5.23. The lowest BCUT2D eigenvalue weighted by molar-refractivity contribution is 0.104. The number of hydrogen-bond donors (Lipinski definition) is 1. The second kappa shape index (κ2) is 5.81. The monoisotopic (exact) mass is 197 g/mol. The maximum absolute atomic E-state index is 9.65. The van der Waals surface area contributed by atoms with E-state index in [2.05, 4.69) is 11.9 Å². The van der Waals surface area contributed by atoms with E-state index in [1.807, 2.05) is 13.0 Å². The van der Waals surface area contributed by atoms with Crippen molar-refractivity contribution < 1.29 is 9.84 Å². The minimum atomic E-state index is -0.289. The Balaban J connectivity index is 2.62. The van der Waals surface area contributed by atoms with Crippen molar-refractivity contribution in [3.8, 4) is 0 Å². The Morgan fingerprint density at radius 3 is 3.14 bits per heavy atom. The summed E-state index contributed by atoms with van der Waals surface area (Å²) in [6.07, 6.45) is 5.77. The molecule has 1 rings (SSSR count). The number of ether oxygens (including phenoxy) is 1. The van der Waals surface area contributed by atoms with Gasteiger partial charge in [-0.3, -0.25) is 4.99 Å². The van der Waals surface area contributed by atoms with Crippen molar-refractivity contribution in [2.75, 3.05) is 6.61 Å². The molecule has 0 saturated carbocycles. The zero-order chi connectivity index (χ0) is 10.4. The van der Waals surface area contributed by atoms with Gasteiger partial charge in [0.2, 0.25) is 0 Å². The summed E-state index contributed by atoms with van der Waals surface area (Å²) < 4.78 is 5.37. The molecule has 0 aliphatic carbocycles. The van der Waals surface area contributed by atoms with E-state index in [1.165, 1.54) is 0 Å². The van der Waals surface area contributed by atoms with E-state index in [-0.39, 0.29) is 12.1 Å². The molecule has 1 N–H and O–H groups in total. The van der Waals surface area contributed by atoms with Crippen LogP contribution in [0.1, 0.15) is 33.1 Å². The fraction of sp³-hybridized carbons (Fsp3) is 0.727. The zero-order valence-electron chi connectivity index (χ0n) is 8.94. The van der Waals surface area contributed by atoms with Crippen LogP contribution in [0.15, 0.2) is 16.8 Å². The lowest BCUT2D eigenvalue weighted by atomic mass is 10.1. The molecule has 2 unspecified atom stereocenters. The summed E-state index contributed by atoms with van der Waals surface area (Å²) in [6.45, 7) is 4.59. The van der Waals surface area contributed by atoms with E-state index >= 15 is 0 Å². The summed E-state index contributed by atoms with van der Waals surface area (Å²) in [7, 11) is 0. The lowest BCUT2D eigenvalue weighted by Gasteiger charge is -2.17. The van der Waals surface area contributed by atoms with Gasteiger partial charge in [-0.2, -0.15) is 0 Å².